The van der Waals surface area contributed by atoms with Gasteiger partial charge in [-0.25, -0.2) is 0 Å². The summed E-state index contributed by atoms with van der Waals surface area (Å²) in [6, 6.07) is 15.2. The Morgan fingerprint density at radius 1 is 1.04 bits per heavy atom. The normalized spacial score (nSPS) is 14.4. The van der Waals surface area contributed by atoms with Crippen molar-refractivity contribution in [2.45, 2.75) is 6.92 Å². The molecule has 1 saturated heterocycles. The fraction of sp³-hybridized carbons (Fsp3) is 0.250. The molecule has 3 aromatic rings. The summed E-state index contributed by atoms with van der Waals surface area (Å²) in [6.45, 7) is 4.40. The van der Waals surface area contributed by atoms with Gasteiger partial charge in [-0.3, -0.25) is 4.79 Å². The van der Waals surface area contributed by atoms with Crippen molar-refractivity contribution in [3.05, 3.63) is 59.7 Å². The lowest BCUT2D eigenvalue weighted by Gasteiger charge is -2.26. The number of carbonyl (C=O) groups is 1. The van der Waals surface area contributed by atoms with Gasteiger partial charge >= 0.3 is 0 Å². The lowest BCUT2D eigenvalue weighted by atomic mass is 10.1. The van der Waals surface area contributed by atoms with E-state index in [1.165, 1.54) is 0 Å². The molecule has 2 heterocycles. The van der Waals surface area contributed by atoms with Gasteiger partial charge in [-0.2, -0.15) is 4.98 Å². The van der Waals surface area contributed by atoms with E-state index < -0.39 is 0 Å². The van der Waals surface area contributed by atoms with Crippen LogP contribution in [-0.4, -0.2) is 47.3 Å². The highest BCUT2D eigenvalue weighted by Gasteiger charge is 2.19. The van der Waals surface area contributed by atoms with Crippen LogP contribution in [0.25, 0.3) is 22.8 Å². The molecule has 0 N–H and O–H groups in total. The summed E-state index contributed by atoms with van der Waals surface area (Å²) in [4.78, 5) is 18.9. The highest BCUT2D eigenvalue weighted by Crippen LogP contribution is 2.24. The topological polar surface area (TPSA) is 68.5 Å². The van der Waals surface area contributed by atoms with Crippen molar-refractivity contribution in [2.24, 2.45) is 0 Å². The van der Waals surface area contributed by atoms with Crippen LogP contribution in [0.4, 0.5) is 0 Å². The van der Waals surface area contributed by atoms with Gasteiger partial charge < -0.3 is 14.2 Å². The first-order valence-corrected chi connectivity index (χ1v) is 8.59. The third kappa shape index (κ3) is 3.36. The fourth-order valence-corrected chi connectivity index (χ4v) is 2.98. The molecule has 1 fully saturated rings. The minimum atomic E-state index is -0.00227. The Morgan fingerprint density at radius 3 is 2.62 bits per heavy atom. The monoisotopic (exact) mass is 349 g/mol. The Kier molecular flexibility index (Phi) is 4.50. The average molecular weight is 349 g/mol. The van der Waals surface area contributed by atoms with Crippen LogP contribution in [0.15, 0.2) is 53.1 Å². The maximum absolute atomic E-state index is 12.7. The largest absolute Gasteiger partial charge is 0.378 e. The van der Waals surface area contributed by atoms with Gasteiger partial charge in [0.1, 0.15) is 0 Å². The summed E-state index contributed by atoms with van der Waals surface area (Å²) in [5.41, 5.74) is 3.38. The number of hydrogen-bond donors (Lipinski definition) is 0. The van der Waals surface area contributed by atoms with E-state index in [1.807, 2.05) is 55.5 Å². The Labute approximate surface area is 151 Å². The van der Waals surface area contributed by atoms with E-state index in [2.05, 4.69) is 10.1 Å². The SMILES string of the molecule is Cc1cccc(-c2nc(-c3cccc(C(=O)N4CCOCC4)c3)no2)c1. The van der Waals surface area contributed by atoms with Gasteiger partial charge in [0.2, 0.25) is 5.82 Å². The Bertz CT molecular complexity index is 929. The lowest BCUT2D eigenvalue weighted by molar-refractivity contribution is 0.0303. The standard InChI is InChI=1S/C20H19N3O3/c1-14-4-2-6-16(12-14)19-21-18(22-26-19)15-5-3-7-17(13-15)20(24)23-8-10-25-11-9-23/h2-7,12-13H,8-11H2,1H3. The fourth-order valence-electron chi connectivity index (χ4n) is 2.98. The second-order valence-electron chi connectivity index (χ2n) is 6.28. The van der Waals surface area contributed by atoms with Crippen LogP contribution in [0.5, 0.6) is 0 Å². The predicted octanol–water partition coefficient (Wildman–Crippen LogP) is 3.18. The first-order chi connectivity index (χ1) is 12.7. The number of carbonyl (C=O) groups excluding carboxylic acids is 1. The van der Waals surface area contributed by atoms with Crippen molar-refractivity contribution < 1.29 is 14.1 Å². The van der Waals surface area contributed by atoms with E-state index in [-0.39, 0.29) is 5.91 Å². The number of aryl methyl sites for hydroxylation is 1. The van der Waals surface area contributed by atoms with Crippen LogP contribution >= 0.6 is 0 Å². The molecule has 1 aliphatic rings. The molecule has 1 aliphatic heterocycles. The van der Waals surface area contributed by atoms with Crippen LogP contribution in [0.2, 0.25) is 0 Å². The molecule has 2 aromatic carbocycles. The van der Waals surface area contributed by atoms with Gasteiger partial charge in [-0.15, -0.1) is 0 Å². The van der Waals surface area contributed by atoms with Gasteiger partial charge in [-0.1, -0.05) is 35.0 Å². The molecule has 0 atom stereocenters. The molecule has 0 bridgehead atoms. The van der Waals surface area contributed by atoms with Crippen molar-refractivity contribution in [1.29, 1.82) is 0 Å². The quantitative estimate of drug-likeness (QED) is 0.726. The highest BCUT2D eigenvalue weighted by atomic mass is 16.5. The first-order valence-electron chi connectivity index (χ1n) is 8.59. The van der Waals surface area contributed by atoms with Gasteiger partial charge in [0.25, 0.3) is 11.8 Å². The van der Waals surface area contributed by atoms with E-state index in [0.717, 1.165) is 16.7 Å². The van der Waals surface area contributed by atoms with Gasteiger partial charge in [0, 0.05) is 29.8 Å². The number of morpholine rings is 1. The molecule has 26 heavy (non-hydrogen) atoms. The molecule has 0 saturated carbocycles. The van der Waals surface area contributed by atoms with Crippen LogP contribution in [0.1, 0.15) is 15.9 Å². The molecule has 0 radical (unpaired) electrons. The van der Waals surface area contributed by atoms with Crippen LogP contribution in [-0.2, 0) is 4.74 Å². The van der Waals surface area contributed by atoms with Crippen molar-refractivity contribution in [2.75, 3.05) is 26.3 Å². The number of benzene rings is 2. The van der Waals surface area contributed by atoms with E-state index in [4.69, 9.17) is 9.26 Å². The Morgan fingerprint density at radius 2 is 1.81 bits per heavy atom. The highest BCUT2D eigenvalue weighted by molar-refractivity contribution is 5.95. The average Bonchev–Trinajstić information content (AvgIpc) is 3.19. The van der Waals surface area contributed by atoms with Crippen molar-refractivity contribution in [1.82, 2.24) is 15.0 Å². The molecule has 132 valence electrons. The molecule has 0 unspecified atom stereocenters. The number of hydrogen-bond acceptors (Lipinski definition) is 5. The molecule has 1 amide bonds. The number of aromatic nitrogens is 2. The summed E-state index contributed by atoms with van der Waals surface area (Å²) < 4.78 is 10.7. The van der Waals surface area contributed by atoms with Crippen LogP contribution in [0, 0.1) is 6.92 Å². The van der Waals surface area contributed by atoms with Crippen molar-refractivity contribution in [3.8, 4) is 22.8 Å². The molecule has 0 spiro atoms. The number of amides is 1. The minimum Gasteiger partial charge on any atom is -0.378 e. The Balaban J connectivity index is 1.60. The van der Waals surface area contributed by atoms with Gasteiger partial charge in [0.05, 0.1) is 13.2 Å². The third-order valence-corrected chi connectivity index (χ3v) is 4.36. The van der Waals surface area contributed by atoms with E-state index in [1.54, 1.807) is 4.90 Å². The van der Waals surface area contributed by atoms with Gasteiger partial charge in [-0.05, 0) is 31.2 Å². The predicted molar refractivity (Wildman–Crippen MR) is 96.6 cm³/mol. The van der Waals surface area contributed by atoms with Gasteiger partial charge in [0.15, 0.2) is 0 Å². The Hall–Kier alpha value is -2.99. The minimum absolute atomic E-state index is 0.00227. The maximum Gasteiger partial charge on any atom is 0.258 e. The van der Waals surface area contributed by atoms with Crippen LogP contribution < -0.4 is 0 Å². The molecule has 0 aliphatic carbocycles. The lowest BCUT2D eigenvalue weighted by Crippen LogP contribution is -2.40. The smallest absolute Gasteiger partial charge is 0.258 e. The van der Waals surface area contributed by atoms with Crippen LogP contribution in [0.3, 0.4) is 0 Å². The molecule has 6 heteroatoms. The number of rotatable bonds is 3. The zero-order valence-corrected chi connectivity index (χ0v) is 14.5. The molecule has 6 nitrogen and oxygen atoms in total. The first kappa shape index (κ1) is 16.5. The second-order valence-corrected chi connectivity index (χ2v) is 6.28. The van der Waals surface area contributed by atoms with E-state index in [0.29, 0.717) is 43.6 Å². The molecule has 4 rings (SSSR count). The van der Waals surface area contributed by atoms with E-state index >= 15 is 0 Å². The van der Waals surface area contributed by atoms with Crippen molar-refractivity contribution >= 4 is 5.91 Å². The maximum atomic E-state index is 12.7. The number of ether oxygens (including phenoxy) is 1. The number of nitrogens with zero attached hydrogens (tertiary/aromatic N) is 3. The zero-order chi connectivity index (χ0) is 17.9. The summed E-state index contributed by atoms with van der Waals surface area (Å²) in [5, 5.41) is 4.07. The molecular weight excluding hydrogens is 330 g/mol. The van der Waals surface area contributed by atoms with E-state index in [9.17, 15) is 4.79 Å². The van der Waals surface area contributed by atoms with Crippen molar-refractivity contribution in [3.63, 3.8) is 0 Å². The summed E-state index contributed by atoms with van der Waals surface area (Å²) in [5.74, 6) is 0.935. The second kappa shape index (κ2) is 7.09. The molecule has 1 aromatic heterocycles. The zero-order valence-electron chi connectivity index (χ0n) is 14.5. The third-order valence-electron chi connectivity index (χ3n) is 4.36. The molecular formula is C20H19N3O3. The summed E-state index contributed by atoms with van der Waals surface area (Å²) >= 11 is 0. The summed E-state index contributed by atoms with van der Waals surface area (Å²) in [7, 11) is 0. The summed E-state index contributed by atoms with van der Waals surface area (Å²) in [6.07, 6.45) is 0.